The maximum absolute atomic E-state index is 11.8. The van der Waals surface area contributed by atoms with Crippen molar-refractivity contribution in [3.63, 3.8) is 0 Å². The number of hydrogen-bond acceptors (Lipinski definition) is 10. The third kappa shape index (κ3) is 2.99. The minimum atomic E-state index is -3.74. The summed E-state index contributed by atoms with van der Waals surface area (Å²) < 4.78 is 33.3. The van der Waals surface area contributed by atoms with E-state index >= 15 is 0 Å². The monoisotopic (exact) mass is 361 g/mol. The summed E-state index contributed by atoms with van der Waals surface area (Å²) in [7, 11) is -3.74. The van der Waals surface area contributed by atoms with Gasteiger partial charge >= 0.3 is 0 Å². The number of nitrogens with one attached hydrogen (secondary N) is 1. The number of nitrogen functional groups attached to an aromatic ring is 1. The zero-order chi connectivity index (χ0) is 17.6. The molecule has 2 aromatic heterocycles. The lowest BCUT2D eigenvalue weighted by Gasteiger charge is -2.16. The average Bonchev–Trinajstić information content (AvgIpc) is 3.00. The molecule has 13 heteroatoms. The van der Waals surface area contributed by atoms with Crippen LogP contribution < -0.4 is 11.3 Å². The summed E-state index contributed by atoms with van der Waals surface area (Å²) in [5.74, 6) is -0.153. The smallest absolute Gasteiger partial charge is 0.280 e. The number of fused-ring (bicyclic) bond motifs is 1. The number of aliphatic hydroxyl groups is 2. The van der Waals surface area contributed by atoms with Crippen LogP contribution in [0.4, 0.5) is 5.95 Å². The lowest BCUT2D eigenvalue weighted by molar-refractivity contribution is -0.0466. The third-order valence-electron chi connectivity index (χ3n) is 3.51. The van der Waals surface area contributed by atoms with E-state index in [0.717, 1.165) is 6.26 Å². The SMILES string of the molecule is CS(=O)(=O)OC[C@@H]1O[C@@H](n2cnc3c(=O)[nH]c(N)nc32)[C@@H](O)[C@@H]1O. The summed E-state index contributed by atoms with van der Waals surface area (Å²) in [6.45, 7) is -0.476. The Labute approximate surface area is 135 Å². The first-order valence-corrected chi connectivity index (χ1v) is 8.57. The molecule has 0 aliphatic carbocycles. The van der Waals surface area contributed by atoms with Crippen molar-refractivity contribution < 1.29 is 27.6 Å². The fourth-order valence-corrected chi connectivity index (χ4v) is 2.80. The van der Waals surface area contributed by atoms with E-state index in [2.05, 4.69) is 19.1 Å². The molecular weight excluding hydrogens is 346 g/mol. The van der Waals surface area contributed by atoms with E-state index in [1.807, 2.05) is 0 Å². The Kier molecular flexibility index (Phi) is 4.05. The van der Waals surface area contributed by atoms with Crippen molar-refractivity contribution in [2.45, 2.75) is 24.5 Å². The van der Waals surface area contributed by atoms with Crippen LogP contribution in [-0.2, 0) is 19.0 Å². The van der Waals surface area contributed by atoms with Gasteiger partial charge in [0.2, 0.25) is 5.95 Å². The number of nitrogens with zero attached hydrogens (tertiary/aromatic N) is 3. The van der Waals surface area contributed by atoms with Crippen LogP contribution >= 0.6 is 0 Å². The van der Waals surface area contributed by atoms with Crippen LogP contribution in [0.5, 0.6) is 0 Å². The number of aliphatic hydroxyl groups excluding tert-OH is 2. The maximum Gasteiger partial charge on any atom is 0.280 e. The fourth-order valence-electron chi connectivity index (χ4n) is 2.42. The molecule has 0 radical (unpaired) electrons. The molecule has 1 fully saturated rings. The number of anilines is 1. The number of H-pyrrole nitrogens is 1. The van der Waals surface area contributed by atoms with Crippen molar-refractivity contribution >= 4 is 27.2 Å². The Bertz CT molecular complexity index is 922. The zero-order valence-electron chi connectivity index (χ0n) is 12.4. The van der Waals surface area contributed by atoms with Crippen LogP contribution in [0, 0.1) is 0 Å². The quantitative estimate of drug-likeness (QED) is 0.418. The first-order chi connectivity index (χ1) is 11.2. The number of nitrogens with two attached hydrogens (primary N) is 1. The second-order valence-electron chi connectivity index (χ2n) is 5.31. The van der Waals surface area contributed by atoms with Crippen LogP contribution in [-0.4, -0.2) is 69.3 Å². The average molecular weight is 361 g/mol. The number of ether oxygens (including phenoxy) is 1. The second kappa shape index (κ2) is 5.78. The van der Waals surface area contributed by atoms with Gasteiger partial charge in [0, 0.05) is 0 Å². The Hall–Kier alpha value is -2.06. The van der Waals surface area contributed by atoms with E-state index in [0.29, 0.717) is 0 Å². The van der Waals surface area contributed by atoms with Gasteiger partial charge in [-0.05, 0) is 0 Å². The minimum absolute atomic E-state index is 0.0228. The molecule has 12 nitrogen and oxygen atoms in total. The third-order valence-corrected chi connectivity index (χ3v) is 4.07. The lowest BCUT2D eigenvalue weighted by atomic mass is 10.1. The van der Waals surface area contributed by atoms with Gasteiger partial charge < -0.3 is 20.7 Å². The molecule has 0 amide bonds. The van der Waals surface area contributed by atoms with Crippen molar-refractivity contribution in [1.29, 1.82) is 0 Å². The Balaban J connectivity index is 1.91. The second-order valence-corrected chi connectivity index (χ2v) is 6.95. The van der Waals surface area contributed by atoms with E-state index in [1.54, 1.807) is 0 Å². The van der Waals surface area contributed by atoms with Gasteiger partial charge in [-0.3, -0.25) is 18.5 Å². The lowest BCUT2D eigenvalue weighted by Crippen LogP contribution is -2.34. The standard InChI is InChI=1S/C11H15N5O7S/c1-24(20,21)22-2-4-6(17)7(18)10(23-4)16-3-13-5-8(16)14-11(12)15-9(5)19/h3-4,6-7,10,17-18H,2H2,1H3,(H3,12,14,15,19)/t4-,6+,7-,10+/m0/s1. The summed E-state index contributed by atoms with van der Waals surface area (Å²) in [4.78, 5) is 21.8. The zero-order valence-corrected chi connectivity index (χ0v) is 13.2. The molecule has 24 heavy (non-hydrogen) atoms. The van der Waals surface area contributed by atoms with Crippen LogP contribution in [0.2, 0.25) is 0 Å². The molecule has 0 spiro atoms. The molecule has 3 rings (SSSR count). The molecule has 0 bridgehead atoms. The van der Waals surface area contributed by atoms with Crippen LogP contribution in [0.15, 0.2) is 11.1 Å². The minimum Gasteiger partial charge on any atom is -0.387 e. The number of hydrogen-bond donors (Lipinski definition) is 4. The van der Waals surface area contributed by atoms with Gasteiger partial charge in [0.25, 0.3) is 15.7 Å². The number of rotatable bonds is 4. The van der Waals surface area contributed by atoms with Crippen molar-refractivity contribution in [1.82, 2.24) is 19.5 Å². The highest BCUT2D eigenvalue weighted by atomic mass is 32.2. The molecule has 0 unspecified atom stereocenters. The number of aromatic nitrogens is 4. The highest BCUT2D eigenvalue weighted by Gasteiger charge is 2.44. The number of imidazole rings is 1. The van der Waals surface area contributed by atoms with Crippen molar-refractivity contribution in [2.75, 3.05) is 18.6 Å². The van der Waals surface area contributed by atoms with E-state index in [4.69, 9.17) is 10.5 Å². The molecule has 0 saturated carbocycles. The van der Waals surface area contributed by atoms with Gasteiger partial charge in [-0.1, -0.05) is 0 Å². The van der Waals surface area contributed by atoms with E-state index < -0.39 is 46.8 Å². The molecule has 2 aromatic rings. The number of aromatic amines is 1. The van der Waals surface area contributed by atoms with Crippen LogP contribution in [0.1, 0.15) is 6.23 Å². The molecule has 1 aliphatic rings. The predicted molar refractivity (Wildman–Crippen MR) is 79.3 cm³/mol. The summed E-state index contributed by atoms with van der Waals surface area (Å²) in [5.41, 5.74) is 4.95. The van der Waals surface area contributed by atoms with E-state index in [9.17, 15) is 23.4 Å². The first-order valence-electron chi connectivity index (χ1n) is 6.75. The Morgan fingerprint density at radius 1 is 1.46 bits per heavy atom. The Morgan fingerprint density at radius 2 is 2.17 bits per heavy atom. The van der Waals surface area contributed by atoms with Crippen molar-refractivity contribution in [2.24, 2.45) is 0 Å². The molecular formula is C11H15N5O7S. The molecule has 3 heterocycles. The largest absolute Gasteiger partial charge is 0.387 e. The summed E-state index contributed by atoms with van der Waals surface area (Å²) >= 11 is 0. The molecule has 132 valence electrons. The first kappa shape index (κ1) is 16.8. The summed E-state index contributed by atoms with van der Waals surface area (Å²) in [5, 5.41) is 20.2. The van der Waals surface area contributed by atoms with Crippen LogP contribution in [0.25, 0.3) is 11.2 Å². The van der Waals surface area contributed by atoms with Gasteiger partial charge in [0.1, 0.15) is 18.3 Å². The highest BCUT2D eigenvalue weighted by Crippen LogP contribution is 2.31. The molecule has 5 N–H and O–H groups in total. The van der Waals surface area contributed by atoms with Gasteiger partial charge in [0.05, 0.1) is 19.2 Å². The van der Waals surface area contributed by atoms with Crippen molar-refractivity contribution in [3.05, 3.63) is 16.7 Å². The normalized spacial score (nSPS) is 27.8. The van der Waals surface area contributed by atoms with Crippen molar-refractivity contribution in [3.8, 4) is 0 Å². The van der Waals surface area contributed by atoms with E-state index in [-0.39, 0.29) is 17.1 Å². The predicted octanol–water partition coefficient (Wildman–Crippen LogP) is -2.70. The topological polar surface area (TPSA) is 183 Å². The van der Waals surface area contributed by atoms with Gasteiger partial charge in [-0.2, -0.15) is 13.4 Å². The van der Waals surface area contributed by atoms with Gasteiger partial charge in [-0.15, -0.1) is 0 Å². The molecule has 1 saturated heterocycles. The molecule has 4 atom stereocenters. The fraction of sp³-hybridized carbons (Fsp3) is 0.545. The van der Waals surface area contributed by atoms with Gasteiger partial charge in [-0.25, -0.2) is 4.98 Å². The highest BCUT2D eigenvalue weighted by molar-refractivity contribution is 7.85. The summed E-state index contributed by atoms with van der Waals surface area (Å²) in [6.07, 6.45) is -3.02. The summed E-state index contributed by atoms with van der Waals surface area (Å²) in [6, 6.07) is 0. The molecule has 0 aromatic carbocycles. The molecule has 1 aliphatic heterocycles. The maximum atomic E-state index is 11.8. The van der Waals surface area contributed by atoms with Crippen LogP contribution in [0.3, 0.4) is 0 Å². The Morgan fingerprint density at radius 3 is 2.83 bits per heavy atom. The van der Waals surface area contributed by atoms with Gasteiger partial charge in [0.15, 0.2) is 17.4 Å². The van der Waals surface area contributed by atoms with E-state index in [1.165, 1.54) is 10.9 Å².